The standard InChI is InChI=1S/C24H24N2O2/c1-9-7-13-17(11(3)23(9)25)22-18-12(4)24(26)10(2)8-14(18)19(13)20-15(27)5-6-16(28)21(20)22/h5-8,19,22,27-28H,25-26H2,1-4H3. The van der Waals surface area contributed by atoms with Gasteiger partial charge >= 0.3 is 0 Å². The van der Waals surface area contributed by atoms with E-state index in [1.54, 1.807) is 12.1 Å². The summed E-state index contributed by atoms with van der Waals surface area (Å²) in [5.41, 5.74) is 24.7. The van der Waals surface area contributed by atoms with Gasteiger partial charge in [0.05, 0.1) is 0 Å². The first-order valence-corrected chi connectivity index (χ1v) is 9.57. The average Bonchev–Trinajstić information content (AvgIpc) is 2.66. The number of nitrogen functional groups attached to an aromatic ring is 2. The minimum atomic E-state index is -0.192. The zero-order valence-corrected chi connectivity index (χ0v) is 16.5. The Labute approximate surface area is 164 Å². The van der Waals surface area contributed by atoms with Crippen LogP contribution in [0.25, 0.3) is 0 Å². The summed E-state index contributed by atoms with van der Waals surface area (Å²) in [5.74, 6) is 0.0885. The van der Waals surface area contributed by atoms with Crippen LogP contribution in [0, 0.1) is 27.7 Å². The van der Waals surface area contributed by atoms with Crippen LogP contribution in [0.5, 0.6) is 11.5 Å². The summed E-state index contributed by atoms with van der Waals surface area (Å²) >= 11 is 0. The lowest BCUT2D eigenvalue weighted by Gasteiger charge is -2.45. The van der Waals surface area contributed by atoms with Crippen molar-refractivity contribution in [2.24, 2.45) is 0 Å². The van der Waals surface area contributed by atoms with Crippen molar-refractivity contribution in [2.75, 3.05) is 11.5 Å². The number of aryl methyl sites for hydroxylation is 2. The maximum atomic E-state index is 10.8. The number of rotatable bonds is 0. The van der Waals surface area contributed by atoms with Crippen molar-refractivity contribution in [3.8, 4) is 11.5 Å². The van der Waals surface area contributed by atoms with Gasteiger partial charge in [-0.2, -0.15) is 0 Å². The Balaban J connectivity index is 2.00. The van der Waals surface area contributed by atoms with Gasteiger partial charge in [-0.1, -0.05) is 12.1 Å². The molecule has 4 nitrogen and oxygen atoms in total. The van der Waals surface area contributed by atoms with E-state index in [-0.39, 0.29) is 23.3 Å². The third-order valence-electron chi connectivity index (χ3n) is 6.85. The first-order valence-electron chi connectivity index (χ1n) is 9.57. The summed E-state index contributed by atoms with van der Waals surface area (Å²) in [7, 11) is 0. The molecule has 3 aliphatic carbocycles. The summed E-state index contributed by atoms with van der Waals surface area (Å²) in [6.45, 7) is 8.14. The van der Waals surface area contributed by atoms with Gasteiger partial charge in [0, 0.05) is 34.3 Å². The third-order valence-corrected chi connectivity index (χ3v) is 6.85. The highest BCUT2D eigenvalue weighted by atomic mass is 16.3. The van der Waals surface area contributed by atoms with Crippen molar-refractivity contribution in [3.63, 3.8) is 0 Å². The van der Waals surface area contributed by atoms with Gasteiger partial charge in [0.1, 0.15) is 11.5 Å². The van der Waals surface area contributed by atoms with Crippen molar-refractivity contribution in [1.82, 2.24) is 0 Å². The van der Waals surface area contributed by atoms with E-state index >= 15 is 0 Å². The molecular weight excluding hydrogens is 348 g/mol. The highest BCUT2D eigenvalue weighted by Crippen LogP contribution is 2.62. The second-order valence-electron chi connectivity index (χ2n) is 8.27. The second kappa shape index (κ2) is 5.22. The second-order valence-corrected chi connectivity index (χ2v) is 8.27. The molecule has 0 radical (unpaired) electrons. The van der Waals surface area contributed by atoms with Crippen LogP contribution in [-0.2, 0) is 0 Å². The van der Waals surface area contributed by atoms with Crippen LogP contribution in [-0.4, -0.2) is 10.2 Å². The molecule has 0 aliphatic heterocycles. The van der Waals surface area contributed by atoms with E-state index in [0.29, 0.717) is 0 Å². The van der Waals surface area contributed by atoms with Crippen LogP contribution in [0.4, 0.5) is 11.4 Å². The number of phenols is 2. The van der Waals surface area contributed by atoms with Crippen LogP contribution < -0.4 is 11.5 Å². The normalized spacial score (nSPS) is 18.6. The number of anilines is 2. The summed E-state index contributed by atoms with van der Waals surface area (Å²) in [4.78, 5) is 0. The van der Waals surface area contributed by atoms with Crippen molar-refractivity contribution in [3.05, 3.63) is 79.9 Å². The van der Waals surface area contributed by atoms with Crippen LogP contribution in [0.2, 0.25) is 0 Å². The van der Waals surface area contributed by atoms with Crippen LogP contribution >= 0.6 is 0 Å². The smallest absolute Gasteiger partial charge is 0.120 e. The van der Waals surface area contributed by atoms with Gasteiger partial charge in [0.25, 0.3) is 0 Å². The molecule has 0 aromatic heterocycles. The fraction of sp³-hybridized carbons (Fsp3) is 0.250. The number of phenolic OH excluding ortho intramolecular Hbond substituents is 2. The molecule has 4 heteroatoms. The highest BCUT2D eigenvalue weighted by Gasteiger charge is 2.46. The van der Waals surface area contributed by atoms with Gasteiger partial charge in [-0.05, 0) is 84.3 Å². The maximum Gasteiger partial charge on any atom is 0.120 e. The maximum absolute atomic E-state index is 10.8. The first kappa shape index (κ1) is 17.0. The Kier molecular flexibility index (Phi) is 3.17. The van der Waals surface area contributed by atoms with Gasteiger partial charge in [-0.25, -0.2) is 0 Å². The van der Waals surface area contributed by atoms with Gasteiger partial charge in [0.2, 0.25) is 0 Å². The van der Waals surface area contributed by atoms with Crippen LogP contribution in [0.1, 0.15) is 67.5 Å². The molecule has 0 amide bonds. The fourth-order valence-corrected chi connectivity index (χ4v) is 5.47. The number of nitrogens with two attached hydrogens (primary N) is 2. The number of benzene rings is 3. The summed E-state index contributed by atoms with van der Waals surface area (Å²) in [6, 6.07) is 7.45. The topological polar surface area (TPSA) is 92.5 Å². The summed E-state index contributed by atoms with van der Waals surface area (Å²) in [6.07, 6.45) is 0. The molecule has 0 spiro atoms. The molecule has 0 fully saturated rings. The first-order chi connectivity index (χ1) is 13.2. The Bertz CT molecular complexity index is 1140. The molecule has 6 N–H and O–H groups in total. The number of hydrogen-bond donors (Lipinski definition) is 4. The molecule has 6 rings (SSSR count). The van der Waals surface area contributed by atoms with Crippen molar-refractivity contribution in [1.29, 1.82) is 0 Å². The molecule has 2 bridgehead atoms. The molecule has 28 heavy (non-hydrogen) atoms. The molecule has 3 aromatic carbocycles. The number of hydrogen-bond acceptors (Lipinski definition) is 4. The molecule has 142 valence electrons. The van der Waals surface area contributed by atoms with Crippen molar-refractivity contribution >= 4 is 11.4 Å². The van der Waals surface area contributed by atoms with Crippen LogP contribution in [0.15, 0.2) is 24.3 Å². The molecule has 0 heterocycles. The molecule has 0 unspecified atom stereocenters. The Morgan fingerprint density at radius 3 is 1.46 bits per heavy atom. The van der Waals surface area contributed by atoms with Gasteiger partial charge in [-0.3, -0.25) is 0 Å². The number of aromatic hydroxyl groups is 2. The molecular formula is C24H24N2O2. The van der Waals surface area contributed by atoms with E-state index in [2.05, 4.69) is 12.1 Å². The predicted octanol–water partition coefficient (Wildman–Crippen LogP) is 4.48. The third kappa shape index (κ3) is 1.80. The minimum absolute atomic E-state index is 0.145. The van der Waals surface area contributed by atoms with Crippen molar-refractivity contribution < 1.29 is 10.2 Å². The molecule has 0 saturated heterocycles. The minimum Gasteiger partial charge on any atom is -0.508 e. The predicted molar refractivity (Wildman–Crippen MR) is 112 cm³/mol. The molecule has 0 atom stereocenters. The van der Waals surface area contributed by atoms with Crippen LogP contribution in [0.3, 0.4) is 0 Å². The van der Waals surface area contributed by atoms with Crippen molar-refractivity contribution in [2.45, 2.75) is 39.5 Å². The van der Waals surface area contributed by atoms with E-state index in [0.717, 1.165) is 55.9 Å². The molecule has 0 saturated carbocycles. The Hall–Kier alpha value is -3.14. The van der Waals surface area contributed by atoms with E-state index in [1.165, 1.54) is 11.1 Å². The Morgan fingerprint density at radius 2 is 1.04 bits per heavy atom. The largest absolute Gasteiger partial charge is 0.508 e. The van der Waals surface area contributed by atoms with E-state index in [1.807, 2.05) is 27.7 Å². The lowest BCUT2D eigenvalue weighted by Crippen LogP contribution is -2.30. The zero-order chi connectivity index (χ0) is 20.1. The van der Waals surface area contributed by atoms with Gasteiger partial charge < -0.3 is 21.7 Å². The molecule has 3 aliphatic rings. The summed E-state index contributed by atoms with van der Waals surface area (Å²) < 4.78 is 0. The lowest BCUT2D eigenvalue weighted by atomic mass is 9.58. The zero-order valence-electron chi connectivity index (χ0n) is 16.5. The highest BCUT2D eigenvalue weighted by molar-refractivity contribution is 5.79. The van der Waals surface area contributed by atoms with E-state index in [9.17, 15) is 10.2 Å². The van der Waals surface area contributed by atoms with Gasteiger partial charge in [-0.15, -0.1) is 0 Å². The Morgan fingerprint density at radius 1 is 0.643 bits per heavy atom. The lowest BCUT2D eigenvalue weighted by molar-refractivity contribution is 0.440. The van der Waals surface area contributed by atoms with E-state index < -0.39 is 0 Å². The average molecular weight is 372 g/mol. The molecule has 3 aromatic rings. The van der Waals surface area contributed by atoms with Gasteiger partial charge in [0.15, 0.2) is 0 Å². The summed E-state index contributed by atoms with van der Waals surface area (Å²) in [5, 5.41) is 21.6. The monoisotopic (exact) mass is 372 g/mol. The van der Waals surface area contributed by atoms with E-state index in [4.69, 9.17) is 11.5 Å². The SMILES string of the molecule is Cc1cc2c(c(C)c1N)C1c3c(cc(C)c(N)c3C)C2c2c(O)ccc(O)c21. The fourth-order valence-electron chi connectivity index (χ4n) is 5.47. The quantitative estimate of drug-likeness (QED) is 0.238.